The van der Waals surface area contributed by atoms with Crippen molar-refractivity contribution in [2.75, 3.05) is 11.4 Å². The number of rotatable bonds is 11. The van der Waals surface area contributed by atoms with E-state index in [4.69, 9.17) is 6.58 Å². The predicted octanol–water partition coefficient (Wildman–Crippen LogP) is 19.2. The Morgan fingerprint density at radius 2 is 1.51 bits per heavy atom. The second-order valence-electron chi connectivity index (χ2n) is 26.1. The summed E-state index contributed by atoms with van der Waals surface area (Å²) in [5, 5.41) is 2.53. The maximum absolute atomic E-state index is 4.76. The molecule has 0 amide bonds. The normalized spacial score (nSPS) is 28.0. The Morgan fingerprint density at radius 3 is 2.15 bits per heavy atom. The summed E-state index contributed by atoms with van der Waals surface area (Å²) < 4.78 is 1.30. The van der Waals surface area contributed by atoms with Gasteiger partial charge in [-0.3, -0.25) is 0 Å². The molecule has 6 rings (SSSR count). The van der Waals surface area contributed by atoms with Gasteiger partial charge in [-0.1, -0.05) is 184 Å². The number of benzene rings is 1. The molecule has 0 bridgehead atoms. The smallest absolute Gasteiger partial charge is 0.188 e. The Labute approximate surface area is 439 Å². The molecule has 0 spiro atoms. The summed E-state index contributed by atoms with van der Waals surface area (Å²) in [5.41, 5.74) is 12.2. The van der Waals surface area contributed by atoms with Gasteiger partial charge < -0.3 is 9.80 Å². The van der Waals surface area contributed by atoms with Crippen molar-refractivity contribution in [3.63, 3.8) is 0 Å². The van der Waals surface area contributed by atoms with Gasteiger partial charge in [-0.15, -0.1) is 17.9 Å². The molecule has 4 heteroatoms. The van der Waals surface area contributed by atoms with Gasteiger partial charge >= 0.3 is 0 Å². The van der Waals surface area contributed by atoms with Crippen molar-refractivity contribution in [2.45, 2.75) is 173 Å². The molecular weight excluding hydrogens is 876 g/mol. The summed E-state index contributed by atoms with van der Waals surface area (Å²) >= 11 is 1.90. The van der Waals surface area contributed by atoms with E-state index in [0.29, 0.717) is 23.7 Å². The molecule has 2 heterocycles. The monoisotopic (exact) mass is 970 g/mol. The summed E-state index contributed by atoms with van der Waals surface area (Å²) in [7, 11) is 2.45. The van der Waals surface area contributed by atoms with E-state index in [-0.39, 0.29) is 27.1 Å². The molecule has 71 heavy (non-hydrogen) atoms. The molecule has 3 aliphatic carbocycles. The summed E-state index contributed by atoms with van der Waals surface area (Å²) in [6.07, 6.45) is 41.9. The zero-order valence-corrected chi connectivity index (χ0v) is 48.2. The molecular formula is C67H94BN2S. The van der Waals surface area contributed by atoms with Crippen LogP contribution in [0.15, 0.2) is 162 Å². The Kier molecular flexibility index (Phi) is 18.0. The fraction of sp³-hybridized carbons (Fsp3) is 0.522. The topological polar surface area (TPSA) is 6.48 Å². The standard InChI is InChI=1S/C67H94BN2S/c1-19-23-53-34-42-69(43-35-59-58(66(15,16)40-41-67(59,17)18)31-29-51(20-2)25-21-24-47(3)4)55(45-56-49(6)28-27-48(5)50(56)7)46-68-61-57-44-52(63(8,9)10)30-32-60(57)71-62(61)70(53)54-26-22-36-64(11,12)38-39-65(13,14)37-33-54/h19-24,26,30-35,42,44-49,51H,1-2,7,25,27-29,36-41,43H2,3-6,8-18H3/b24-21+,26-22-,42-34+,53-23+,54-33+,55-46-,56-45-,58-31+,59-35+. The highest BCUT2D eigenvalue weighted by Gasteiger charge is 2.40. The Bertz CT molecular complexity index is 2550. The van der Waals surface area contributed by atoms with Crippen molar-refractivity contribution in [1.29, 1.82) is 0 Å². The van der Waals surface area contributed by atoms with Crippen LogP contribution < -0.4 is 10.4 Å². The zero-order chi connectivity index (χ0) is 52.1. The Balaban J connectivity index is 1.62. The van der Waals surface area contributed by atoms with Crippen LogP contribution in [0, 0.1) is 45.3 Å². The first-order valence-corrected chi connectivity index (χ1v) is 28.3. The van der Waals surface area contributed by atoms with E-state index in [1.165, 1.54) is 91.9 Å². The molecule has 4 aliphatic rings. The molecule has 3 atom stereocenters. The Hall–Kier alpha value is -4.28. The molecule has 1 radical (unpaired) electrons. The number of hydrogen-bond acceptors (Lipinski definition) is 3. The van der Waals surface area contributed by atoms with Crippen LogP contribution >= 0.6 is 11.3 Å². The first-order valence-electron chi connectivity index (χ1n) is 27.4. The molecule has 3 unspecified atom stereocenters. The molecule has 2 saturated carbocycles. The molecule has 2 aromatic rings. The van der Waals surface area contributed by atoms with Gasteiger partial charge in [0.1, 0.15) is 0 Å². The lowest BCUT2D eigenvalue weighted by molar-refractivity contribution is 0.241. The van der Waals surface area contributed by atoms with Gasteiger partial charge in [0.15, 0.2) is 7.28 Å². The van der Waals surface area contributed by atoms with Gasteiger partial charge in [0, 0.05) is 34.5 Å². The number of thiophene rings is 1. The second-order valence-corrected chi connectivity index (χ2v) is 27.1. The van der Waals surface area contributed by atoms with E-state index < -0.39 is 0 Å². The quantitative estimate of drug-likeness (QED) is 0.164. The van der Waals surface area contributed by atoms with Crippen molar-refractivity contribution in [1.82, 2.24) is 4.90 Å². The van der Waals surface area contributed by atoms with Gasteiger partial charge in [-0.25, -0.2) is 0 Å². The van der Waals surface area contributed by atoms with Crippen LogP contribution in [0.25, 0.3) is 10.1 Å². The fourth-order valence-corrected chi connectivity index (χ4v) is 12.1. The molecule has 0 N–H and O–H groups in total. The van der Waals surface area contributed by atoms with Crippen molar-refractivity contribution < 1.29 is 0 Å². The average molecular weight is 970 g/mol. The second kappa shape index (κ2) is 22.9. The van der Waals surface area contributed by atoms with Crippen LogP contribution in [0.3, 0.4) is 0 Å². The van der Waals surface area contributed by atoms with Gasteiger partial charge in [-0.05, 0) is 184 Å². The molecule has 2 nitrogen and oxygen atoms in total. The molecule has 1 aromatic carbocycles. The summed E-state index contributed by atoms with van der Waals surface area (Å²) in [6, 6.07) is 7.19. The minimum atomic E-state index is 0.00529. The highest BCUT2D eigenvalue weighted by molar-refractivity contribution is 7.24. The van der Waals surface area contributed by atoms with E-state index in [9.17, 15) is 0 Å². The third-order valence-corrected chi connectivity index (χ3v) is 17.6. The minimum Gasteiger partial charge on any atom is -0.345 e. The highest BCUT2D eigenvalue weighted by Crippen LogP contribution is 2.52. The third kappa shape index (κ3) is 14.1. The number of anilines is 1. The van der Waals surface area contributed by atoms with E-state index in [1.807, 2.05) is 17.4 Å². The molecule has 2 fully saturated rings. The fourth-order valence-electron chi connectivity index (χ4n) is 10.9. The zero-order valence-electron chi connectivity index (χ0n) is 47.4. The maximum Gasteiger partial charge on any atom is 0.188 e. The van der Waals surface area contributed by atoms with Gasteiger partial charge in [0.25, 0.3) is 0 Å². The molecule has 1 aromatic heterocycles. The highest BCUT2D eigenvalue weighted by atomic mass is 32.1. The molecule has 381 valence electrons. The summed E-state index contributed by atoms with van der Waals surface area (Å²) in [4.78, 5) is 5.07. The number of nitrogens with zero attached hydrogens (tertiary/aromatic N) is 2. The maximum atomic E-state index is 4.76. The average Bonchev–Trinajstić information content (AvgIpc) is 3.65. The lowest BCUT2D eigenvalue weighted by Gasteiger charge is -2.45. The van der Waals surface area contributed by atoms with Crippen LogP contribution in [0.1, 0.15) is 174 Å². The van der Waals surface area contributed by atoms with E-state index in [2.05, 4.69) is 231 Å². The van der Waals surface area contributed by atoms with Crippen molar-refractivity contribution >= 4 is 39.2 Å². The molecule has 0 saturated heterocycles. The number of hydrogen-bond donors (Lipinski definition) is 0. The van der Waals surface area contributed by atoms with Crippen molar-refractivity contribution in [3.05, 3.63) is 168 Å². The lowest BCUT2D eigenvalue weighted by atomic mass is 9.60. The van der Waals surface area contributed by atoms with Gasteiger partial charge in [-0.2, -0.15) is 0 Å². The van der Waals surface area contributed by atoms with Crippen LogP contribution in [0.4, 0.5) is 5.00 Å². The largest absolute Gasteiger partial charge is 0.345 e. The SMILES string of the molecule is C=C/C=C1\C=C\N(C/C=C2\C(=C/CC(C=C)C/C=C/C(C)C)C(C)(C)CCC2(C)C)C(/C=C2\C(=C)C(C)CCC2C)=C\[B]c2c(sc3ccc(C(C)(C)C)cc23)N1C1=C/CC(C)(C)CCC(C)(C)C/C=C\1. The van der Waals surface area contributed by atoms with E-state index in [0.717, 1.165) is 44.3 Å². The van der Waals surface area contributed by atoms with E-state index in [1.54, 1.807) is 0 Å². The summed E-state index contributed by atoms with van der Waals surface area (Å²) in [5.74, 6) is 4.27. The minimum absolute atomic E-state index is 0.00529. The first kappa shape index (κ1) is 56.0. The third-order valence-electron chi connectivity index (χ3n) is 16.4. The first-order chi connectivity index (χ1) is 33.3. The Morgan fingerprint density at radius 1 is 0.845 bits per heavy atom. The van der Waals surface area contributed by atoms with Crippen LogP contribution in [0.5, 0.6) is 0 Å². The van der Waals surface area contributed by atoms with Crippen molar-refractivity contribution in [2.24, 2.45) is 45.3 Å². The van der Waals surface area contributed by atoms with Crippen LogP contribution in [-0.4, -0.2) is 18.7 Å². The van der Waals surface area contributed by atoms with E-state index >= 15 is 0 Å². The van der Waals surface area contributed by atoms with Gasteiger partial charge in [0.2, 0.25) is 0 Å². The van der Waals surface area contributed by atoms with Crippen molar-refractivity contribution in [3.8, 4) is 0 Å². The lowest BCUT2D eigenvalue weighted by Crippen LogP contribution is -2.33. The molecule has 1 aliphatic heterocycles. The summed E-state index contributed by atoms with van der Waals surface area (Å²) in [6.45, 7) is 50.1. The number of allylic oxidation sites excluding steroid dienone is 15. The van der Waals surface area contributed by atoms with Crippen LogP contribution in [0.2, 0.25) is 0 Å². The number of fused-ring (bicyclic) bond motifs is 3. The van der Waals surface area contributed by atoms with Crippen LogP contribution in [-0.2, 0) is 5.41 Å². The predicted molar refractivity (Wildman–Crippen MR) is 319 cm³/mol. The van der Waals surface area contributed by atoms with Gasteiger partial charge in [0.05, 0.1) is 5.00 Å².